The summed E-state index contributed by atoms with van der Waals surface area (Å²) in [5, 5.41) is 13.6. The minimum Gasteiger partial charge on any atom is -0.497 e. The lowest BCUT2D eigenvalue weighted by Gasteiger charge is -2.10. The van der Waals surface area contributed by atoms with E-state index in [4.69, 9.17) is 4.74 Å². The van der Waals surface area contributed by atoms with Crippen molar-refractivity contribution in [1.29, 1.82) is 0 Å². The van der Waals surface area contributed by atoms with Crippen molar-refractivity contribution in [3.8, 4) is 22.8 Å². The van der Waals surface area contributed by atoms with Gasteiger partial charge in [-0.1, -0.05) is 58.0 Å². The van der Waals surface area contributed by atoms with E-state index in [1.807, 2.05) is 90.4 Å². The molecule has 0 fully saturated rings. The first kappa shape index (κ1) is 23.7. The first-order chi connectivity index (χ1) is 16.5. The van der Waals surface area contributed by atoms with Crippen LogP contribution in [0.2, 0.25) is 0 Å². The molecule has 1 aromatic heterocycles. The van der Waals surface area contributed by atoms with Crippen molar-refractivity contribution in [1.82, 2.24) is 20.2 Å². The standard InChI is InChI=1S/C25H22BrN5O2S/c1-17(19-7-6-8-20(26)15-19)27-28-23(32)16-34-25-30-29-24(18-11-13-22(33-2)14-12-18)31(25)21-9-4-3-5-10-21/h3-15H,16H2,1-2H3,(H,28,32). The lowest BCUT2D eigenvalue weighted by Crippen LogP contribution is -2.21. The molecule has 0 saturated heterocycles. The summed E-state index contributed by atoms with van der Waals surface area (Å²) >= 11 is 4.74. The van der Waals surface area contributed by atoms with Gasteiger partial charge in [0.2, 0.25) is 0 Å². The van der Waals surface area contributed by atoms with Crippen molar-refractivity contribution < 1.29 is 9.53 Å². The predicted octanol–water partition coefficient (Wildman–Crippen LogP) is 5.34. The van der Waals surface area contributed by atoms with Crippen LogP contribution in [0.25, 0.3) is 17.1 Å². The molecule has 0 aliphatic carbocycles. The maximum atomic E-state index is 12.5. The van der Waals surface area contributed by atoms with Crippen LogP contribution < -0.4 is 10.2 Å². The van der Waals surface area contributed by atoms with E-state index in [-0.39, 0.29) is 11.7 Å². The van der Waals surface area contributed by atoms with Crippen LogP contribution in [0.15, 0.2) is 93.6 Å². The Hall–Kier alpha value is -3.43. The SMILES string of the molecule is COc1ccc(-c2nnc(SCC(=O)NN=C(C)c3cccc(Br)c3)n2-c2ccccc2)cc1. The smallest absolute Gasteiger partial charge is 0.250 e. The van der Waals surface area contributed by atoms with Crippen LogP contribution in [-0.4, -0.2) is 39.2 Å². The van der Waals surface area contributed by atoms with Gasteiger partial charge in [-0.15, -0.1) is 10.2 Å². The van der Waals surface area contributed by atoms with Gasteiger partial charge in [-0.25, -0.2) is 5.43 Å². The molecule has 0 unspecified atom stereocenters. The number of hydrogen-bond donors (Lipinski definition) is 1. The van der Waals surface area contributed by atoms with Crippen molar-refractivity contribution in [2.45, 2.75) is 12.1 Å². The number of carbonyl (C=O) groups excluding carboxylic acids is 1. The Morgan fingerprint density at radius 2 is 1.82 bits per heavy atom. The Morgan fingerprint density at radius 1 is 1.06 bits per heavy atom. The second-order valence-corrected chi connectivity index (χ2v) is 9.10. The Morgan fingerprint density at radius 3 is 2.53 bits per heavy atom. The van der Waals surface area contributed by atoms with Crippen LogP contribution in [-0.2, 0) is 4.79 Å². The highest BCUT2D eigenvalue weighted by Gasteiger charge is 2.17. The topological polar surface area (TPSA) is 81.4 Å². The molecular weight excluding hydrogens is 514 g/mol. The van der Waals surface area contributed by atoms with Crippen molar-refractivity contribution in [3.63, 3.8) is 0 Å². The molecule has 0 radical (unpaired) electrons. The summed E-state index contributed by atoms with van der Waals surface area (Å²) in [5.41, 5.74) is 6.06. The summed E-state index contributed by atoms with van der Waals surface area (Å²) in [6.07, 6.45) is 0. The molecule has 1 N–H and O–H groups in total. The van der Waals surface area contributed by atoms with Crippen LogP contribution in [0.1, 0.15) is 12.5 Å². The summed E-state index contributed by atoms with van der Waals surface area (Å²) in [7, 11) is 1.63. The van der Waals surface area contributed by atoms with Gasteiger partial charge < -0.3 is 4.74 Å². The number of rotatable bonds is 8. The van der Waals surface area contributed by atoms with E-state index in [9.17, 15) is 4.79 Å². The number of thioether (sulfide) groups is 1. The molecule has 7 nitrogen and oxygen atoms in total. The van der Waals surface area contributed by atoms with Gasteiger partial charge in [0.1, 0.15) is 5.75 Å². The molecule has 1 amide bonds. The van der Waals surface area contributed by atoms with Crippen molar-refractivity contribution in [2.24, 2.45) is 5.10 Å². The Balaban J connectivity index is 1.52. The highest BCUT2D eigenvalue weighted by Crippen LogP contribution is 2.29. The largest absolute Gasteiger partial charge is 0.497 e. The number of nitrogens with zero attached hydrogens (tertiary/aromatic N) is 4. The molecule has 9 heteroatoms. The van der Waals surface area contributed by atoms with Crippen molar-refractivity contribution in [3.05, 3.63) is 88.9 Å². The van der Waals surface area contributed by atoms with Crippen LogP contribution >= 0.6 is 27.7 Å². The zero-order valence-corrected chi connectivity index (χ0v) is 21.0. The minimum absolute atomic E-state index is 0.142. The normalized spacial score (nSPS) is 11.3. The maximum absolute atomic E-state index is 12.5. The average molecular weight is 536 g/mol. The highest BCUT2D eigenvalue weighted by molar-refractivity contribution is 9.10. The molecule has 34 heavy (non-hydrogen) atoms. The van der Waals surface area contributed by atoms with E-state index >= 15 is 0 Å². The lowest BCUT2D eigenvalue weighted by atomic mass is 10.1. The predicted molar refractivity (Wildman–Crippen MR) is 139 cm³/mol. The number of carbonyl (C=O) groups is 1. The van der Waals surface area contributed by atoms with Gasteiger partial charge in [0.15, 0.2) is 11.0 Å². The van der Waals surface area contributed by atoms with Crippen LogP contribution in [0.5, 0.6) is 5.75 Å². The molecule has 0 aliphatic rings. The number of amides is 1. The van der Waals surface area contributed by atoms with Gasteiger partial charge in [-0.2, -0.15) is 5.10 Å². The summed E-state index contributed by atoms with van der Waals surface area (Å²) in [6.45, 7) is 1.85. The van der Waals surface area contributed by atoms with E-state index in [2.05, 4.69) is 36.7 Å². The number of para-hydroxylation sites is 1. The summed E-state index contributed by atoms with van der Waals surface area (Å²) in [5.74, 6) is 1.36. The number of halogens is 1. The summed E-state index contributed by atoms with van der Waals surface area (Å²) in [4.78, 5) is 12.5. The molecule has 4 rings (SSSR count). The Kier molecular flexibility index (Phi) is 7.76. The number of aromatic nitrogens is 3. The number of methoxy groups -OCH3 is 1. The Bertz CT molecular complexity index is 1310. The highest BCUT2D eigenvalue weighted by atomic mass is 79.9. The molecule has 4 aromatic rings. The van der Waals surface area contributed by atoms with Crippen LogP contribution in [0.4, 0.5) is 0 Å². The van der Waals surface area contributed by atoms with E-state index in [1.54, 1.807) is 7.11 Å². The second kappa shape index (κ2) is 11.1. The van der Waals surface area contributed by atoms with Crippen molar-refractivity contribution in [2.75, 3.05) is 12.9 Å². The first-order valence-corrected chi connectivity index (χ1v) is 12.2. The Labute approximate surface area is 210 Å². The zero-order chi connectivity index (χ0) is 23.9. The van der Waals surface area contributed by atoms with Gasteiger partial charge in [0.05, 0.1) is 18.6 Å². The molecule has 0 spiro atoms. The molecule has 3 aromatic carbocycles. The molecule has 1 heterocycles. The molecule has 0 atom stereocenters. The van der Waals surface area contributed by atoms with Gasteiger partial charge in [0.25, 0.3) is 5.91 Å². The van der Waals surface area contributed by atoms with Crippen molar-refractivity contribution >= 4 is 39.3 Å². The third-order valence-corrected chi connectivity index (χ3v) is 6.34. The van der Waals surface area contributed by atoms with Gasteiger partial charge >= 0.3 is 0 Å². The molecular formula is C25H22BrN5O2S. The van der Waals surface area contributed by atoms with Gasteiger partial charge in [-0.05, 0) is 61.0 Å². The number of hydrogen-bond acceptors (Lipinski definition) is 6. The fourth-order valence-electron chi connectivity index (χ4n) is 3.19. The number of nitrogens with one attached hydrogen (secondary N) is 1. The summed E-state index contributed by atoms with van der Waals surface area (Å²) < 4.78 is 8.15. The summed E-state index contributed by atoms with van der Waals surface area (Å²) in [6, 6.07) is 25.2. The fourth-order valence-corrected chi connectivity index (χ4v) is 4.33. The fraction of sp³-hybridized carbons (Fsp3) is 0.120. The van der Waals surface area contributed by atoms with Gasteiger partial charge in [0, 0.05) is 15.7 Å². The average Bonchev–Trinajstić information content (AvgIpc) is 3.30. The van der Waals surface area contributed by atoms with Crippen LogP contribution in [0, 0.1) is 0 Å². The minimum atomic E-state index is -0.229. The molecule has 0 bridgehead atoms. The number of benzene rings is 3. The second-order valence-electron chi connectivity index (χ2n) is 7.24. The van der Waals surface area contributed by atoms with E-state index in [0.29, 0.717) is 16.7 Å². The monoisotopic (exact) mass is 535 g/mol. The van der Waals surface area contributed by atoms with Crippen LogP contribution in [0.3, 0.4) is 0 Å². The maximum Gasteiger partial charge on any atom is 0.250 e. The molecule has 172 valence electrons. The van der Waals surface area contributed by atoms with E-state index in [1.165, 1.54) is 11.8 Å². The van der Waals surface area contributed by atoms with E-state index in [0.717, 1.165) is 27.0 Å². The van der Waals surface area contributed by atoms with Gasteiger partial charge in [-0.3, -0.25) is 9.36 Å². The zero-order valence-electron chi connectivity index (χ0n) is 18.6. The lowest BCUT2D eigenvalue weighted by molar-refractivity contribution is -0.118. The third-order valence-electron chi connectivity index (χ3n) is 4.92. The quantitative estimate of drug-likeness (QED) is 0.187. The van der Waals surface area contributed by atoms with E-state index < -0.39 is 0 Å². The number of ether oxygens (including phenoxy) is 1. The first-order valence-electron chi connectivity index (χ1n) is 10.4. The molecule has 0 saturated carbocycles. The molecule has 0 aliphatic heterocycles. The third kappa shape index (κ3) is 5.73. The number of hydrazone groups is 1.